The van der Waals surface area contributed by atoms with Gasteiger partial charge in [0.25, 0.3) is 0 Å². The Hall–Kier alpha value is -0.935. The van der Waals surface area contributed by atoms with E-state index in [1.54, 1.807) is 0 Å². The Morgan fingerprint density at radius 1 is 1.62 bits per heavy atom. The molecule has 0 fully saturated rings. The van der Waals surface area contributed by atoms with Gasteiger partial charge in [0, 0.05) is 15.3 Å². The molecule has 70 valence electrons. The van der Waals surface area contributed by atoms with Crippen LogP contribution in [0, 0.1) is 5.95 Å². The molecule has 13 heavy (non-hydrogen) atoms. The third-order valence-corrected chi connectivity index (χ3v) is 1.37. The molecular weight excluding hydrogens is 172 g/mol. The van der Waals surface area contributed by atoms with Crippen LogP contribution in [0.4, 0.5) is 4.39 Å². The van der Waals surface area contributed by atoms with E-state index in [9.17, 15) is 4.39 Å². The van der Waals surface area contributed by atoms with Gasteiger partial charge in [-0.2, -0.15) is 4.39 Å². The van der Waals surface area contributed by atoms with Gasteiger partial charge in [-0.25, -0.2) is 4.98 Å². The summed E-state index contributed by atoms with van der Waals surface area (Å²) >= 11 is 0. The largest absolute Gasteiger partial charge is 0.488 e. The van der Waals surface area contributed by atoms with E-state index in [4.69, 9.17) is 19.6 Å². The molecule has 1 rings (SSSR count). The van der Waals surface area contributed by atoms with Crippen LogP contribution >= 0.6 is 0 Å². The van der Waals surface area contributed by atoms with Crippen LogP contribution in [0.1, 0.15) is 34.9 Å². The van der Waals surface area contributed by atoms with Crippen molar-refractivity contribution in [2.75, 3.05) is 0 Å². The van der Waals surface area contributed by atoms with Crippen molar-refractivity contribution in [3.8, 4) is 0 Å². The Labute approximate surface area is 86.2 Å². The van der Waals surface area contributed by atoms with Crippen molar-refractivity contribution in [2.45, 2.75) is 19.6 Å². The first kappa shape index (κ1) is 4.06. The maximum absolute atomic E-state index is 13.3. The zero-order valence-electron chi connectivity index (χ0n) is 13.5. The Morgan fingerprint density at radius 3 is 2.85 bits per heavy atom. The topological polar surface area (TPSA) is 53.4 Å². The van der Waals surface area contributed by atoms with Crippen molar-refractivity contribution >= 4 is 12.6 Å². The fourth-order valence-electron chi connectivity index (χ4n) is 0.794. The number of nitrogens with zero attached hydrogens (tertiary/aromatic N) is 1. The molecule has 1 heterocycles. The molecule has 0 aliphatic carbocycles. The first-order valence-electron chi connectivity index (χ1n) is 6.85. The lowest BCUT2D eigenvalue weighted by molar-refractivity contribution is 0.425. The van der Waals surface area contributed by atoms with Crippen molar-refractivity contribution < 1.29 is 24.0 Å². The van der Waals surface area contributed by atoms with Crippen LogP contribution in [0.2, 0.25) is 0 Å². The Bertz CT molecular complexity index is 491. The first-order chi connectivity index (χ1) is 8.80. The summed E-state index contributed by atoms with van der Waals surface area (Å²) in [4.78, 5) is 3.12. The summed E-state index contributed by atoms with van der Waals surface area (Å²) in [5, 5.41) is 17.9. The molecule has 0 bridgehead atoms. The van der Waals surface area contributed by atoms with Gasteiger partial charge in [-0.3, -0.25) is 0 Å². The molecule has 0 unspecified atom stereocenters. The third kappa shape index (κ3) is 2.50. The van der Waals surface area contributed by atoms with Crippen molar-refractivity contribution in [1.29, 1.82) is 0 Å². The molecule has 0 atom stereocenters. The molecule has 0 aliphatic rings. The number of hydrogen-bond acceptors (Lipinski definition) is 3. The predicted octanol–water partition coefficient (Wildman–Crippen LogP) is 0.0239. The summed E-state index contributed by atoms with van der Waals surface area (Å²) in [6.45, 7) is -6.65. The van der Waals surface area contributed by atoms with E-state index in [0.29, 0.717) is 12.1 Å². The van der Waals surface area contributed by atoms with Crippen LogP contribution in [0.15, 0.2) is 12.1 Å². The molecule has 5 heteroatoms. The lowest BCUT2D eigenvalue weighted by atomic mass is 9.80. The molecule has 1 aromatic heterocycles. The predicted molar refractivity (Wildman–Crippen MR) is 48.1 cm³/mol. The highest BCUT2D eigenvalue weighted by Crippen LogP contribution is 2.09. The third-order valence-electron chi connectivity index (χ3n) is 1.37. The molecule has 3 nitrogen and oxygen atoms in total. The van der Waals surface area contributed by atoms with E-state index in [2.05, 4.69) is 4.98 Å². The highest BCUT2D eigenvalue weighted by molar-refractivity contribution is 6.58. The highest BCUT2D eigenvalue weighted by atomic mass is 19.1. The van der Waals surface area contributed by atoms with Crippen molar-refractivity contribution in [2.24, 2.45) is 0 Å². The van der Waals surface area contributed by atoms with E-state index in [1.165, 1.54) is 0 Å². The standard InChI is InChI=1S/C8H11BFNO2/c1-5(2)7-3-6(9(12)13)4-8(10)11-7/h3-5,12-13H,1-2H3/i1D3,2D3,5D. The zero-order valence-corrected chi connectivity index (χ0v) is 6.45. The SMILES string of the molecule is [2H]C([2H])([2H])C([2H])(c1cc(B(O)O)cc(F)n1)C([2H])([2H])[2H]. The van der Waals surface area contributed by atoms with Gasteiger partial charge in [0.2, 0.25) is 5.95 Å². The normalized spacial score (nSPS) is 21.3. The van der Waals surface area contributed by atoms with Crippen molar-refractivity contribution in [3.63, 3.8) is 0 Å². The number of halogens is 1. The Morgan fingerprint density at radius 2 is 2.31 bits per heavy atom. The maximum atomic E-state index is 13.3. The van der Waals surface area contributed by atoms with Crippen LogP contribution in [0.25, 0.3) is 0 Å². The van der Waals surface area contributed by atoms with E-state index >= 15 is 0 Å². The second-order valence-corrected chi connectivity index (χ2v) is 2.36. The van der Waals surface area contributed by atoms with E-state index < -0.39 is 43.8 Å². The van der Waals surface area contributed by atoms with Crippen LogP contribution in [-0.4, -0.2) is 22.2 Å². The second kappa shape index (κ2) is 3.85. The Kier molecular flexibility index (Phi) is 1.20. The average molecular weight is 190 g/mol. The first-order valence-corrected chi connectivity index (χ1v) is 3.35. The molecule has 0 radical (unpaired) electrons. The van der Waals surface area contributed by atoms with E-state index in [-0.39, 0.29) is 0 Å². The summed E-state index contributed by atoms with van der Waals surface area (Å²) in [6.07, 6.45) is 0. The summed E-state index contributed by atoms with van der Waals surface area (Å²) < 4.78 is 64.4. The van der Waals surface area contributed by atoms with Gasteiger partial charge in [0.1, 0.15) is 0 Å². The lowest BCUT2D eigenvalue weighted by Crippen LogP contribution is -2.31. The minimum absolute atomic E-state index is 0.488. The summed E-state index contributed by atoms with van der Waals surface area (Å²) in [7, 11) is -2.15. The van der Waals surface area contributed by atoms with Crippen molar-refractivity contribution in [1.82, 2.24) is 4.98 Å². The van der Waals surface area contributed by atoms with Gasteiger partial charge in [-0.15, -0.1) is 0 Å². The van der Waals surface area contributed by atoms with Gasteiger partial charge < -0.3 is 10.0 Å². The fraction of sp³-hybridized carbons (Fsp3) is 0.375. The van der Waals surface area contributed by atoms with Crippen LogP contribution in [0.5, 0.6) is 0 Å². The summed E-state index contributed by atoms with van der Waals surface area (Å²) in [5.41, 5.74) is -1.40. The molecule has 2 N–H and O–H groups in total. The molecule has 0 saturated carbocycles. The molecule has 0 spiro atoms. The lowest BCUT2D eigenvalue weighted by Gasteiger charge is -2.06. The van der Waals surface area contributed by atoms with Crippen LogP contribution < -0.4 is 5.46 Å². The second-order valence-electron chi connectivity index (χ2n) is 2.36. The highest BCUT2D eigenvalue weighted by Gasteiger charge is 2.14. The quantitative estimate of drug-likeness (QED) is 0.510. The van der Waals surface area contributed by atoms with Crippen molar-refractivity contribution in [3.05, 3.63) is 23.8 Å². The number of aromatic nitrogens is 1. The maximum Gasteiger partial charge on any atom is 0.488 e. The minimum Gasteiger partial charge on any atom is -0.423 e. The molecule has 0 amide bonds. The van der Waals surface area contributed by atoms with Gasteiger partial charge in [-0.05, 0) is 23.5 Å². The monoisotopic (exact) mass is 190 g/mol. The number of hydrogen-bond donors (Lipinski definition) is 2. The molecular formula is C8H11BFNO2. The van der Waals surface area contributed by atoms with Gasteiger partial charge in [0.05, 0.1) is 0 Å². The minimum atomic E-state index is -3.32. The fourth-order valence-corrected chi connectivity index (χ4v) is 0.794. The summed E-state index contributed by atoms with van der Waals surface area (Å²) in [6, 6.07) is 1.28. The Balaban J connectivity index is 3.60. The van der Waals surface area contributed by atoms with Gasteiger partial charge in [0.15, 0.2) is 0 Å². The van der Waals surface area contributed by atoms with Gasteiger partial charge in [-0.1, -0.05) is 13.7 Å². The summed E-state index contributed by atoms with van der Waals surface area (Å²) in [5.74, 6) is -4.50. The number of pyridine rings is 1. The van der Waals surface area contributed by atoms with Crippen LogP contribution in [-0.2, 0) is 0 Å². The van der Waals surface area contributed by atoms with E-state index in [0.717, 1.165) is 0 Å². The molecule has 0 aliphatic heterocycles. The molecule has 0 aromatic carbocycles. The average Bonchev–Trinajstić information content (AvgIpc) is 2.23. The number of rotatable bonds is 2. The van der Waals surface area contributed by atoms with Crippen LogP contribution in [0.3, 0.4) is 0 Å². The molecule has 0 saturated heterocycles. The smallest absolute Gasteiger partial charge is 0.423 e. The van der Waals surface area contributed by atoms with E-state index in [1.807, 2.05) is 0 Å². The zero-order chi connectivity index (χ0) is 15.9. The van der Waals surface area contributed by atoms with Gasteiger partial charge >= 0.3 is 7.12 Å². The molecule has 1 aromatic rings.